The van der Waals surface area contributed by atoms with Crippen molar-refractivity contribution in [1.82, 2.24) is 5.32 Å². The molecule has 19 heavy (non-hydrogen) atoms. The molecule has 1 aliphatic heterocycles. The van der Waals surface area contributed by atoms with Gasteiger partial charge in [0.1, 0.15) is 0 Å². The minimum Gasteiger partial charge on any atom is -0.385 e. The second kappa shape index (κ2) is 6.42. The lowest BCUT2D eigenvalue weighted by atomic mass is 9.89. The molecule has 2 rings (SSSR count). The highest BCUT2D eigenvalue weighted by molar-refractivity contribution is 5.59. The number of anilines is 1. The average Bonchev–Trinajstić information content (AvgIpc) is 2.49. The zero-order chi connectivity index (χ0) is 13.7. The Labute approximate surface area is 118 Å². The van der Waals surface area contributed by atoms with Gasteiger partial charge in [0.05, 0.1) is 0 Å². The van der Waals surface area contributed by atoms with Gasteiger partial charge in [-0.1, -0.05) is 39.0 Å². The van der Waals surface area contributed by atoms with Gasteiger partial charge in [-0.05, 0) is 43.2 Å². The minimum absolute atomic E-state index is 0.303. The molecule has 0 atom stereocenters. The van der Waals surface area contributed by atoms with Gasteiger partial charge in [0.2, 0.25) is 0 Å². The van der Waals surface area contributed by atoms with Crippen LogP contribution in [0.25, 0.3) is 0 Å². The Morgan fingerprint density at radius 2 is 1.89 bits per heavy atom. The average molecular weight is 260 g/mol. The van der Waals surface area contributed by atoms with Gasteiger partial charge < -0.3 is 10.6 Å². The van der Waals surface area contributed by atoms with Crippen LogP contribution < -0.4 is 10.6 Å². The van der Waals surface area contributed by atoms with E-state index in [4.69, 9.17) is 0 Å². The maximum Gasteiger partial charge on any atom is 0.0418 e. The highest BCUT2D eigenvalue weighted by atomic mass is 15.0. The van der Waals surface area contributed by atoms with Crippen LogP contribution >= 0.6 is 0 Å². The van der Waals surface area contributed by atoms with Crippen molar-refractivity contribution in [3.63, 3.8) is 0 Å². The van der Waals surface area contributed by atoms with Crippen LogP contribution in [0.15, 0.2) is 18.2 Å². The number of benzene rings is 1. The van der Waals surface area contributed by atoms with Crippen molar-refractivity contribution in [3.05, 3.63) is 29.3 Å². The predicted molar refractivity (Wildman–Crippen MR) is 83.7 cm³/mol. The van der Waals surface area contributed by atoms with Crippen molar-refractivity contribution in [2.24, 2.45) is 0 Å². The number of hydrogen-bond acceptors (Lipinski definition) is 2. The molecule has 2 nitrogen and oxygen atoms in total. The van der Waals surface area contributed by atoms with E-state index in [-0.39, 0.29) is 0 Å². The molecule has 1 aromatic rings. The molecule has 0 bridgehead atoms. The van der Waals surface area contributed by atoms with E-state index in [9.17, 15) is 0 Å². The largest absolute Gasteiger partial charge is 0.385 e. The maximum atomic E-state index is 3.81. The molecule has 2 N–H and O–H groups in total. The second-order valence-corrected chi connectivity index (χ2v) is 5.68. The van der Waals surface area contributed by atoms with E-state index in [0.717, 1.165) is 13.1 Å². The number of aryl methyl sites for hydroxylation is 1. The quantitative estimate of drug-likeness (QED) is 0.804. The molecule has 0 aromatic heterocycles. The Kier molecular flexibility index (Phi) is 4.87. The third-order valence-corrected chi connectivity index (χ3v) is 4.85. The van der Waals surface area contributed by atoms with Crippen molar-refractivity contribution < 1.29 is 0 Å². The zero-order valence-electron chi connectivity index (χ0n) is 12.7. The van der Waals surface area contributed by atoms with Crippen LogP contribution in [0.5, 0.6) is 0 Å². The van der Waals surface area contributed by atoms with Gasteiger partial charge in [-0.3, -0.25) is 0 Å². The molecule has 106 valence electrons. The number of nitrogens with one attached hydrogen (secondary N) is 2. The Hall–Kier alpha value is -1.02. The predicted octanol–water partition coefficient (Wildman–Crippen LogP) is 4.10. The summed E-state index contributed by atoms with van der Waals surface area (Å²) < 4.78 is 0. The molecule has 1 aliphatic rings. The molecule has 0 amide bonds. The standard InChI is InChI=1S/C17H28N2/c1-4-17(5-2,6-3)19-13-15-10-7-9-14-11-8-12-18-16(14)15/h7,9-10,18-19H,4-6,8,11-13H2,1-3H3. The van der Waals surface area contributed by atoms with Crippen LogP contribution in [0.1, 0.15) is 57.6 Å². The van der Waals surface area contributed by atoms with Crippen molar-refractivity contribution in [1.29, 1.82) is 0 Å². The van der Waals surface area contributed by atoms with Gasteiger partial charge in [0.15, 0.2) is 0 Å². The van der Waals surface area contributed by atoms with Crippen LogP contribution in [0, 0.1) is 0 Å². The molecule has 0 unspecified atom stereocenters. The lowest BCUT2D eigenvalue weighted by Gasteiger charge is -2.33. The molecule has 1 aromatic carbocycles. The van der Waals surface area contributed by atoms with Crippen LogP contribution in [0.4, 0.5) is 5.69 Å². The van der Waals surface area contributed by atoms with Gasteiger partial charge >= 0.3 is 0 Å². The van der Waals surface area contributed by atoms with Gasteiger partial charge in [-0.15, -0.1) is 0 Å². The van der Waals surface area contributed by atoms with Crippen molar-refractivity contribution in [2.75, 3.05) is 11.9 Å². The van der Waals surface area contributed by atoms with Crippen molar-refractivity contribution >= 4 is 5.69 Å². The molecular weight excluding hydrogens is 232 g/mol. The first-order valence-electron chi connectivity index (χ1n) is 7.84. The number of fused-ring (bicyclic) bond motifs is 1. The van der Waals surface area contributed by atoms with E-state index in [1.54, 1.807) is 0 Å². The first-order chi connectivity index (χ1) is 9.24. The van der Waals surface area contributed by atoms with Crippen LogP contribution in [-0.4, -0.2) is 12.1 Å². The fourth-order valence-corrected chi connectivity index (χ4v) is 3.14. The molecule has 0 fully saturated rings. The molecule has 0 radical (unpaired) electrons. The number of hydrogen-bond donors (Lipinski definition) is 2. The van der Waals surface area contributed by atoms with E-state index in [1.807, 2.05) is 0 Å². The summed E-state index contributed by atoms with van der Waals surface area (Å²) in [5.41, 5.74) is 4.60. The van der Waals surface area contributed by atoms with Crippen molar-refractivity contribution in [2.45, 2.75) is 65.0 Å². The highest BCUT2D eigenvalue weighted by Crippen LogP contribution is 2.27. The Morgan fingerprint density at radius 3 is 2.58 bits per heavy atom. The second-order valence-electron chi connectivity index (χ2n) is 5.68. The topological polar surface area (TPSA) is 24.1 Å². The highest BCUT2D eigenvalue weighted by Gasteiger charge is 2.23. The lowest BCUT2D eigenvalue weighted by Crippen LogP contribution is -2.43. The third kappa shape index (κ3) is 3.11. The molecule has 0 spiro atoms. The number of para-hydroxylation sites is 1. The SMILES string of the molecule is CCC(CC)(CC)NCc1cccc2c1NCCC2. The summed E-state index contributed by atoms with van der Waals surface area (Å²) in [6.07, 6.45) is 6.07. The third-order valence-electron chi connectivity index (χ3n) is 4.85. The summed E-state index contributed by atoms with van der Waals surface area (Å²) in [6, 6.07) is 6.72. The summed E-state index contributed by atoms with van der Waals surface area (Å²) in [6.45, 7) is 8.96. The van der Waals surface area contributed by atoms with Crippen LogP contribution in [0.2, 0.25) is 0 Å². The van der Waals surface area contributed by atoms with Crippen LogP contribution in [-0.2, 0) is 13.0 Å². The zero-order valence-corrected chi connectivity index (χ0v) is 12.7. The summed E-state index contributed by atoms with van der Waals surface area (Å²) in [7, 11) is 0. The fourth-order valence-electron chi connectivity index (χ4n) is 3.14. The van der Waals surface area contributed by atoms with Gasteiger partial charge in [-0.25, -0.2) is 0 Å². The Morgan fingerprint density at radius 1 is 1.16 bits per heavy atom. The van der Waals surface area contributed by atoms with Gasteiger partial charge in [0.25, 0.3) is 0 Å². The first-order valence-corrected chi connectivity index (χ1v) is 7.84. The number of rotatable bonds is 6. The fraction of sp³-hybridized carbons (Fsp3) is 0.647. The first kappa shape index (κ1) is 14.4. The monoisotopic (exact) mass is 260 g/mol. The van der Waals surface area contributed by atoms with Crippen molar-refractivity contribution in [3.8, 4) is 0 Å². The Bertz CT molecular complexity index is 399. The van der Waals surface area contributed by atoms with E-state index in [2.05, 4.69) is 49.6 Å². The summed E-state index contributed by atoms with van der Waals surface area (Å²) in [4.78, 5) is 0. The molecular formula is C17H28N2. The van der Waals surface area contributed by atoms with E-state index in [1.165, 1.54) is 48.9 Å². The van der Waals surface area contributed by atoms with E-state index < -0.39 is 0 Å². The molecule has 2 heteroatoms. The minimum atomic E-state index is 0.303. The smallest absolute Gasteiger partial charge is 0.0418 e. The normalized spacial score (nSPS) is 14.9. The van der Waals surface area contributed by atoms with E-state index in [0.29, 0.717) is 5.54 Å². The molecule has 0 saturated heterocycles. The lowest BCUT2D eigenvalue weighted by molar-refractivity contribution is 0.288. The summed E-state index contributed by atoms with van der Waals surface area (Å²) in [5.74, 6) is 0. The van der Waals surface area contributed by atoms with Gasteiger partial charge in [0, 0.05) is 24.3 Å². The summed E-state index contributed by atoms with van der Waals surface area (Å²) >= 11 is 0. The molecule has 0 saturated carbocycles. The van der Waals surface area contributed by atoms with E-state index >= 15 is 0 Å². The molecule has 1 heterocycles. The summed E-state index contributed by atoms with van der Waals surface area (Å²) in [5, 5.41) is 7.39. The van der Waals surface area contributed by atoms with Crippen LogP contribution in [0.3, 0.4) is 0 Å². The Balaban J connectivity index is 2.11. The van der Waals surface area contributed by atoms with Gasteiger partial charge in [-0.2, -0.15) is 0 Å². The molecule has 0 aliphatic carbocycles. The maximum absolute atomic E-state index is 3.81.